The summed E-state index contributed by atoms with van der Waals surface area (Å²) in [6, 6.07) is 1.98. The summed E-state index contributed by atoms with van der Waals surface area (Å²) in [7, 11) is 0. The summed E-state index contributed by atoms with van der Waals surface area (Å²) in [5, 5.41) is 8.97. The maximum absolute atomic E-state index is 11.9. The quantitative estimate of drug-likeness (QED) is 0.871. The van der Waals surface area contributed by atoms with Gasteiger partial charge in [-0.05, 0) is 23.8 Å². The molecule has 17 heavy (non-hydrogen) atoms. The molecule has 5 nitrogen and oxygen atoms in total. The Morgan fingerprint density at radius 1 is 1.53 bits per heavy atom. The number of carbonyl (C=O) groups is 1. The van der Waals surface area contributed by atoms with E-state index in [0.717, 1.165) is 22.8 Å². The van der Waals surface area contributed by atoms with Crippen LogP contribution in [0.1, 0.15) is 20.1 Å². The van der Waals surface area contributed by atoms with Gasteiger partial charge in [-0.15, -0.1) is 11.3 Å². The van der Waals surface area contributed by atoms with Gasteiger partial charge in [-0.25, -0.2) is 5.10 Å². The van der Waals surface area contributed by atoms with Gasteiger partial charge >= 0.3 is 0 Å². The van der Waals surface area contributed by atoms with Crippen LogP contribution in [-0.4, -0.2) is 26.8 Å². The van der Waals surface area contributed by atoms with E-state index in [-0.39, 0.29) is 5.91 Å². The van der Waals surface area contributed by atoms with Crippen LogP contribution in [0.5, 0.6) is 0 Å². The maximum Gasteiger partial charge on any atom is 0.268 e. The van der Waals surface area contributed by atoms with E-state index in [1.54, 1.807) is 11.3 Å². The van der Waals surface area contributed by atoms with Crippen molar-refractivity contribution in [2.75, 3.05) is 11.1 Å². The first kappa shape index (κ1) is 10.8. The van der Waals surface area contributed by atoms with E-state index in [9.17, 15) is 4.79 Å². The van der Waals surface area contributed by atoms with E-state index in [1.165, 1.54) is 16.8 Å². The van der Waals surface area contributed by atoms with Gasteiger partial charge in [0.1, 0.15) is 6.33 Å². The molecule has 0 aliphatic carbocycles. The van der Waals surface area contributed by atoms with Crippen LogP contribution >= 0.6 is 23.1 Å². The Morgan fingerprint density at radius 3 is 3.24 bits per heavy atom. The van der Waals surface area contributed by atoms with Gasteiger partial charge in [-0.1, -0.05) is 0 Å². The lowest BCUT2D eigenvalue weighted by atomic mass is 10.2. The minimum atomic E-state index is -0.119. The van der Waals surface area contributed by atoms with Crippen LogP contribution in [0.3, 0.4) is 0 Å². The predicted molar refractivity (Wildman–Crippen MR) is 68.5 cm³/mol. The molecule has 0 fully saturated rings. The highest BCUT2D eigenvalue weighted by molar-refractivity contribution is 7.98. The molecule has 0 aromatic carbocycles. The van der Waals surface area contributed by atoms with Crippen LogP contribution in [0.2, 0.25) is 0 Å². The Bertz CT molecular complexity index is 511. The zero-order valence-electron chi connectivity index (χ0n) is 8.90. The van der Waals surface area contributed by atoms with Gasteiger partial charge < -0.3 is 0 Å². The highest BCUT2D eigenvalue weighted by atomic mass is 32.2. The van der Waals surface area contributed by atoms with Crippen molar-refractivity contribution in [2.45, 2.75) is 12.2 Å². The first-order valence-electron chi connectivity index (χ1n) is 5.19. The fraction of sp³-hybridized carbons (Fsp3) is 0.300. The van der Waals surface area contributed by atoms with E-state index >= 15 is 0 Å². The van der Waals surface area contributed by atoms with Crippen molar-refractivity contribution >= 4 is 35.0 Å². The number of aromatic nitrogens is 3. The van der Waals surface area contributed by atoms with Crippen LogP contribution in [0.4, 0.5) is 5.95 Å². The molecular weight excluding hydrogens is 256 g/mol. The van der Waals surface area contributed by atoms with Crippen molar-refractivity contribution in [1.29, 1.82) is 0 Å². The molecule has 3 heterocycles. The first-order valence-corrected chi connectivity index (χ1v) is 7.16. The Morgan fingerprint density at radius 2 is 2.47 bits per heavy atom. The second kappa shape index (κ2) is 4.50. The van der Waals surface area contributed by atoms with Crippen LogP contribution in [-0.2, 0) is 12.2 Å². The summed E-state index contributed by atoms with van der Waals surface area (Å²) < 4.78 is 0. The largest absolute Gasteiger partial charge is 0.290 e. The molecule has 3 rings (SSSR count). The standard InChI is InChI=1S/C10H10N4OS2/c15-9(13-10-11-5-12-14-10)8-3-6-4-16-2-1-7(6)17-8/h3,5H,1-2,4H2,(H2,11,12,13,14,15). The fourth-order valence-electron chi connectivity index (χ4n) is 1.69. The number of nitrogens with one attached hydrogen (secondary N) is 2. The van der Waals surface area contributed by atoms with Crippen LogP contribution < -0.4 is 5.32 Å². The Labute approximate surface area is 106 Å². The third kappa shape index (κ3) is 2.20. The average Bonchev–Trinajstić information content (AvgIpc) is 2.96. The molecule has 7 heteroatoms. The minimum Gasteiger partial charge on any atom is -0.290 e. The number of aromatic amines is 1. The number of nitrogens with zero attached hydrogens (tertiary/aromatic N) is 2. The van der Waals surface area contributed by atoms with Gasteiger partial charge in [0.05, 0.1) is 4.88 Å². The molecule has 2 aromatic rings. The second-order valence-corrected chi connectivity index (χ2v) is 5.89. The summed E-state index contributed by atoms with van der Waals surface area (Å²) in [5.74, 6) is 2.43. The van der Waals surface area contributed by atoms with E-state index < -0.39 is 0 Å². The van der Waals surface area contributed by atoms with Gasteiger partial charge in [-0.2, -0.15) is 21.8 Å². The fourth-order valence-corrected chi connectivity index (χ4v) is 3.96. The molecule has 0 unspecified atom stereocenters. The van der Waals surface area contributed by atoms with Crippen molar-refractivity contribution in [3.8, 4) is 0 Å². The zero-order valence-corrected chi connectivity index (χ0v) is 10.5. The lowest BCUT2D eigenvalue weighted by molar-refractivity contribution is 0.102. The number of hydrogen-bond acceptors (Lipinski definition) is 5. The molecule has 2 aromatic heterocycles. The number of anilines is 1. The third-order valence-electron chi connectivity index (χ3n) is 2.50. The van der Waals surface area contributed by atoms with Crippen LogP contribution in [0, 0.1) is 0 Å². The normalized spacial score (nSPS) is 14.4. The molecule has 0 saturated carbocycles. The van der Waals surface area contributed by atoms with Gasteiger partial charge in [0.2, 0.25) is 5.95 Å². The number of amides is 1. The minimum absolute atomic E-state index is 0.119. The van der Waals surface area contributed by atoms with Crippen molar-refractivity contribution in [3.63, 3.8) is 0 Å². The van der Waals surface area contributed by atoms with E-state index in [2.05, 4.69) is 20.5 Å². The Balaban J connectivity index is 1.79. The molecule has 0 radical (unpaired) electrons. The second-order valence-electron chi connectivity index (χ2n) is 3.65. The highest BCUT2D eigenvalue weighted by Crippen LogP contribution is 2.31. The highest BCUT2D eigenvalue weighted by Gasteiger charge is 2.17. The number of rotatable bonds is 2. The van der Waals surface area contributed by atoms with Crippen molar-refractivity contribution in [3.05, 3.63) is 27.7 Å². The summed E-state index contributed by atoms with van der Waals surface area (Å²) in [5.41, 5.74) is 1.30. The average molecular weight is 266 g/mol. The predicted octanol–water partition coefficient (Wildman–Crippen LogP) is 1.91. The number of hydrogen-bond donors (Lipinski definition) is 2. The van der Waals surface area contributed by atoms with Crippen LogP contribution in [0.15, 0.2) is 12.4 Å². The van der Waals surface area contributed by atoms with Gasteiger partial charge in [0.15, 0.2) is 0 Å². The van der Waals surface area contributed by atoms with Crippen LogP contribution in [0.25, 0.3) is 0 Å². The summed E-state index contributed by atoms with van der Waals surface area (Å²) in [6.07, 6.45) is 2.44. The third-order valence-corrected chi connectivity index (χ3v) is 4.74. The molecule has 0 spiro atoms. The molecular formula is C10H10N4OS2. The Hall–Kier alpha value is -1.34. The SMILES string of the molecule is O=C(Nc1ncn[nH]1)c1cc2c(s1)CCSC2. The smallest absolute Gasteiger partial charge is 0.268 e. The molecule has 0 atom stereocenters. The maximum atomic E-state index is 11.9. The molecule has 1 amide bonds. The Kier molecular flexibility index (Phi) is 2.86. The molecule has 1 aliphatic heterocycles. The number of thiophene rings is 1. The number of fused-ring (bicyclic) bond motifs is 1. The first-order chi connectivity index (χ1) is 8.33. The molecule has 88 valence electrons. The van der Waals surface area contributed by atoms with E-state index in [0.29, 0.717) is 5.95 Å². The van der Waals surface area contributed by atoms with Gasteiger partial charge in [0, 0.05) is 10.6 Å². The number of aryl methyl sites for hydroxylation is 1. The van der Waals surface area contributed by atoms with Crippen molar-refractivity contribution in [2.24, 2.45) is 0 Å². The lowest BCUT2D eigenvalue weighted by Crippen LogP contribution is -2.11. The van der Waals surface area contributed by atoms with Gasteiger partial charge in [0.25, 0.3) is 5.91 Å². The summed E-state index contributed by atoms with van der Waals surface area (Å²) in [4.78, 5) is 17.9. The van der Waals surface area contributed by atoms with Gasteiger partial charge in [-0.3, -0.25) is 10.1 Å². The zero-order chi connectivity index (χ0) is 11.7. The molecule has 0 saturated heterocycles. The van der Waals surface area contributed by atoms with E-state index in [1.807, 2.05) is 17.8 Å². The van der Waals surface area contributed by atoms with Crippen molar-refractivity contribution < 1.29 is 4.79 Å². The monoisotopic (exact) mass is 266 g/mol. The lowest BCUT2D eigenvalue weighted by Gasteiger charge is -2.08. The van der Waals surface area contributed by atoms with E-state index in [4.69, 9.17) is 0 Å². The molecule has 0 bridgehead atoms. The number of thioether (sulfide) groups is 1. The topological polar surface area (TPSA) is 70.7 Å². The molecule has 1 aliphatic rings. The number of carbonyl (C=O) groups excluding carboxylic acids is 1. The summed E-state index contributed by atoms with van der Waals surface area (Å²) in [6.45, 7) is 0. The number of H-pyrrole nitrogens is 1. The summed E-state index contributed by atoms with van der Waals surface area (Å²) >= 11 is 3.49. The molecule has 2 N–H and O–H groups in total. The van der Waals surface area contributed by atoms with Crippen molar-refractivity contribution in [1.82, 2.24) is 15.2 Å².